The van der Waals surface area contributed by atoms with Crippen LogP contribution in [0.2, 0.25) is 0 Å². The Bertz CT molecular complexity index is 2040. The van der Waals surface area contributed by atoms with Crippen molar-refractivity contribution in [1.29, 1.82) is 0 Å². The fourth-order valence-corrected chi connectivity index (χ4v) is 6.92. The van der Waals surface area contributed by atoms with Gasteiger partial charge in [-0.1, -0.05) is 0 Å². The van der Waals surface area contributed by atoms with Crippen LogP contribution in [-0.2, 0) is 7.05 Å². The summed E-state index contributed by atoms with van der Waals surface area (Å²) in [5.41, 5.74) is 2.41. The normalized spacial score (nSPS) is 20.1. The number of hydrogen-bond donors (Lipinski definition) is 3. The number of aromatic amines is 1. The summed E-state index contributed by atoms with van der Waals surface area (Å²) >= 11 is 0. The van der Waals surface area contributed by atoms with Crippen LogP contribution in [0.15, 0.2) is 35.5 Å². The Morgan fingerprint density at radius 3 is 2.69 bits per heavy atom. The number of nitrogens with one attached hydrogen (secondary N) is 2. The number of fused-ring (bicyclic) bond motifs is 4. The first-order valence-electron chi connectivity index (χ1n) is 13.7. The van der Waals surface area contributed by atoms with E-state index in [1.54, 1.807) is 32.6 Å². The molecule has 4 aromatic heterocycles. The van der Waals surface area contributed by atoms with Gasteiger partial charge in [0.25, 0.3) is 0 Å². The average molecular weight is 574 g/mol. The van der Waals surface area contributed by atoms with Gasteiger partial charge in [-0.2, -0.15) is 0 Å². The number of rotatable bonds is 5. The lowest BCUT2D eigenvalue weighted by molar-refractivity contribution is 0.0695. The molecule has 1 aliphatic heterocycles. The first-order valence-corrected chi connectivity index (χ1v) is 13.7. The van der Waals surface area contributed by atoms with Crippen LogP contribution in [0.3, 0.4) is 0 Å². The van der Waals surface area contributed by atoms with Crippen molar-refractivity contribution < 1.29 is 18.7 Å². The Hall–Kier alpha value is -4.58. The van der Waals surface area contributed by atoms with Crippen LogP contribution in [-0.4, -0.2) is 75.8 Å². The lowest BCUT2D eigenvalue weighted by Gasteiger charge is -2.24. The highest BCUT2D eigenvalue weighted by molar-refractivity contribution is 6.18. The fourth-order valence-electron chi connectivity index (χ4n) is 6.92. The van der Waals surface area contributed by atoms with E-state index in [9.17, 15) is 19.1 Å². The molecule has 1 saturated heterocycles. The highest BCUT2D eigenvalue weighted by atomic mass is 19.2. The van der Waals surface area contributed by atoms with Gasteiger partial charge >= 0.3 is 5.97 Å². The molecule has 216 valence electrons. The minimum atomic E-state index is -1.33. The van der Waals surface area contributed by atoms with E-state index in [2.05, 4.69) is 44.2 Å². The molecule has 0 bridgehead atoms. The first kappa shape index (κ1) is 26.3. The maximum absolute atomic E-state index is 15.6. The van der Waals surface area contributed by atoms with Crippen LogP contribution < -0.4 is 15.6 Å². The summed E-state index contributed by atoms with van der Waals surface area (Å²) in [4.78, 5) is 41.7. The zero-order chi connectivity index (χ0) is 29.7. The molecule has 1 spiro atoms. The van der Waals surface area contributed by atoms with Crippen LogP contribution in [0.25, 0.3) is 44.1 Å². The van der Waals surface area contributed by atoms with Crippen molar-refractivity contribution >= 4 is 50.3 Å². The molecule has 1 aromatic carbocycles. The molecule has 5 aromatic rings. The second-order valence-corrected chi connectivity index (χ2v) is 11.7. The van der Waals surface area contributed by atoms with Gasteiger partial charge < -0.3 is 29.8 Å². The molecule has 0 amide bonds. The molecule has 0 radical (unpaired) electrons. The van der Waals surface area contributed by atoms with Gasteiger partial charge in [0.1, 0.15) is 16.9 Å². The van der Waals surface area contributed by atoms with E-state index < -0.39 is 23.0 Å². The molecular formula is C30H29F2N7O3. The van der Waals surface area contributed by atoms with E-state index in [-0.39, 0.29) is 21.8 Å². The molecule has 2 atom stereocenters. The van der Waals surface area contributed by atoms with Crippen LogP contribution in [0.4, 0.5) is 20.2 Å². The number of carboxylic acids is 1. The molecule has 2 fully saturated rings. The number of hydrogen-bond acceptors (Lipinski definition) is 7. The molecule has 3 N–H and O–H groups in total. The first-order chi connectivity index (χ1) is 20.0. The summed E-state index contributed by atoms with van der Waals surface area (Å²) in [6.45, 7) is 1.42. The molecule has 1 aliphatic carbocycles. The molecule has 42 heavy (non-hydrogen) atoms. The highest BCUT2D eigenvalue weighted by Gasteiger charge is 2.58. The Morgan fingerprint density at radius 2 is 2.00 bits per heavy atom. The standard InChI is InChI=1S/C30H29F2N7O3/c1-33-19-8-18(31)23(32)21-22-25(39-6-5-30(13-39)9-20(30)37(2)3)16(11-34-27(22)36-24(19)21)14-7-15-26(40)17(29(41)42)12-38(4)28(15)35-10-14/h7-8,10-12,20,33H,5-6,9,13H2,1-4H3,(H,34,36)(H,41,42)/t20-,30+/m0/s1. The van der Waals surface area contributed by atoms with Gasteiger partial charge in [-0.25, -0.2) is 23.5 Å². The number of pyridine rings is 3. The monoisotopic (exact) mass is 573 g/mol. The second kappa shape index (κ2) is 8.96. The summed E-state index contributed by atoms with van der Waals surface area (Å²) in [5.74, 6) is -3.28. The molecular weight excluding hydrogens is 544 g/mol. The van der Waals surface area contributed by atoms with Crippen molar-refractivity contribution in [2.24, 2.45) is 12.5 Å². The van der Waals surface area contributed by atoms with Crippen molar-refractivity contribution in [2.45, 2.75) is 18.9 Å². The quantitative estimate of drug-likeness (QED) is 0.287. The number of aryl methyl sites for hydroxylation is 1. The van der Waals surface area contributed by atoms with Gasteiger partial charge in [-0.3, -0.25) is 4.79 Å². The number of nitrogens with zero attached hydrogens (tertiary/aromatic N) is 5. The number of anilines is 2. The number of benzene rings is 1. The maximum Gasteiger partial charge on any atom is 0.341 e. The number of carbonyl (C=O) groups is 1. The van der Waals surface area contributed by atoms with E-state index in [1.165, 1.54) is 10.8 Å². The molecule has 2 aliphatic rings. The topological polar surface area (TPSA) is 119 Å². The third kappa shape index (κ3) is 3.64. The molecule has 0 unspecified atom stereocenters. The summed E-state index contributed by atoms with van der Waals surface area (Å²) in [6.07, 6.45) is 6.49. The number of H-pyrrole nitrogens is 1. The fraction of sp³-hybridized carbons (Fsp3) is 0.333. The SMILES string of the molecule is CNc1cc(F)c(F)c2c1[nH]c1ncc(-c3cnc4c(c3)c(=O)c(C(=O)O)cn4C)c(N3CC[C@@]4(C[C@@H]4N(C)C)C3)c12. The Labute approximate surface area is 238 Å². The summed E-state index contributed by atoms with van der Waals surface area (Å²) in [7, 11) is 7.41. The van der Waals surface area contributed by atoms with Crippen molar-refractivity contribution in [3.05, 3.63) is 58.1 Å². The van der Waals surface area contributed by atoms with Gasteiger partial charge in [0.15, 0.2) is 11.6 Å². The van der Waals surface area contributed by atoms with E-state index >= 15 is 4.39 Å². The minimum Gasteiger partial charge on any atom is -0.477 e. The summed E-state index contributed by atoms with van der Waals surface area (Å²) < 4.78 is 32.1. The molecule has 1 saturated carbocycles. The van der Waals surface area contributed by atoms with Gasteiger partial charge in [0.2, 0.25) is 5.43 Å². The van der Waals surface area contributed by atoms with Crippen LogP contribution in [0, 0.1) is 17.0 Å². The number of aromatic carboxylic acids is 1. The smallest absolute Gasteiger partial charge is 0.341 e. The van der Waals surface area contributed by atoms with Crippen LogP contribution in [0.1, 0.15) is 23.2 Å². The van der Waals surface area contributed by atoms with E-state index in [0.717, 1.165) is 25.5 Å². The van der Waals surface area contributed by atoms with E-state index in [4.69, 9.17) is 0 Å². The maximum atomic E-state index is 15.6. The Kier molecular flexibility index (Phi) is 5.62. The summed E-state index contributed by atoms with van der Waals surface area (Å²) in [5, 5.41) is 13.2. The van der Waals surface area contributed by atoms with Crippen molar-refractivity contribution in [2.75, 3.05) is 44.4 Å². The molecule has 5 heterocycles. The predicted octanol–water partition coefficient (Wildman–Crippen LogP) is 4.18. The van der Waals surface area contributed by atoms with Crippen molar-refractivity contribution in [3.8, 4) is 11.1 Å². The van der Waals surface area contributed by atoms with Gasteiger partial charge in [-0.05, 0) is 33.0 Å². The van der Waals surface area contributed by atoms with Crippen LogP contribution >= 0.6 is 0 Å². The van der Waals surface area contributed by atoms with Gasteiger partial charge in [-0.15, -0.1) is 0 Å². The largest absolute Gasteiger partial charge is 0.477 e. The average Bonchev–Trinajstić information content (AvgIpc) is 3.30. The predicted molar refractivity (Wildman–Crippen MR) is 157 cm³/mol. The third-order valence-corrected chi connectivity index (χ3v) is 9.06. The van der Waals surface area contributed by atoms with Gasteiger partial charge in [0, 0.05) is 74.4 Å². The zero-order valence-corrected chi connectivity index (χ0v) is 23.5. The third-order valence-electron chi connectivity index (χ3n) is 9.06. The van der Waals surface area contributed by atoms with Crippen molar-refractivity contribution in [3.63, 3.8) is 0 Å². The van der Waals surface area contributed by atoms with Crippen molar-refractivity contribution in [1.82, 2.24) is 24.4 Å². The second-order valence-electron chi connectivity index (χ2n) is 11.7. The molecule has 10 nitrogen and oxygen atoms in total. The number of carboxylic acid groups (broad SMARTS) is 1. The van der Waals surface area contributed by atoms with E-state index in [0.29, 0.717) is 57.3 Å². The number of halogens is 2. The zero-order valence-electron chi connectivity index (χ0n) is 23.5. The molecule has 7 rings (SSSR count). The number of aromatic nitrogens is 4. The van der Waals surface area contributed by atoms with E-state index in [1.807, 2.05) is 0 Å². The van der Waals surface area contributed by atoms with Crippen LogP contribution in [0.5, 0.6) is 0 Å². The Morgan fingerprint density at radius 1 is 1.21 bits per heavy atom. The van der Waals surface area contributed by atoms with Gasteiger partial charge in [0.05, 0.1) is 33.1 Å². The lowest BCUT2D eigenvalue weighted by Crippen LogP contribution is -2.26. The lowest BCUT2D eigenvalue weighted by atomic mass is 10.0. The summed E-state index contributed by atoms with van der Waals surface area (Å²) in [6, 6.07) is 3.16. The highest BCUT2D eigenvalue weighted by Crippen LogP contribution is 2.57. The Balaban J connectivity index is 1.53. The molecule has 12 heteroatoms. The minimum absolute atomic E-state index is 0.0936.